The molecule has 0 aromatic carbocycles. The van der Waals surface area contributed by atoms with Gasteiger partial charge in [-0.15, -0.1) is 0 Å². The lowest BCUT2D eigenvalue weighted by Gasteiger charge is -2.14. The Kier molecular flexibility index (Phi) is 6.49. The molecule has 1 aromatic rings. The molecule has 0 spiro atoms. The number of carbonyl (C=O) groups is 1. The summed E-state index contributed by atoms with van der Waals surface area (Å²) in [6.45, 7) is 7.42. The number of hydrogen-bond acceptors (Lipinski definition) is 4. The van der Waals surface area contributed by atoms with Crippen LogP contribution in [0.15, 0.2) is 6.33 Å². The summed E-state index contributed by atoms with van der Waals surface area (Å²) in [7, 11) is 0. The summed E-state index contributed by atoms with van der Waals surface area (Å²) in [4.78, 5) is 14.9. The van der Waals surface area contributed by atoms with Crippen LogP contribution in [0.5, 0.6) is 0 Å². The molecule has 0 radical (unpaired) electrons. The van der Waals surface area contributed by atoms with Crippen molar-refractivity contribution in [2.75, 3.05) is 0 Å². The van der Waals surface area contributed by atoms with Crippen LogP contribution in [0.3, 0.4) is 0 Å². The standard InChI is InChI=1S/C13H24N4O2/c1-4-17-12(15-9-16-17)8-14-11(3)7-5-6-10(2)13(18)19/h9-11,14H,4-8H2,1-3H3,(H,18,19). The summed E-state index contributed by atoms with van der Waals surface area (Å²) < 4.78 is 1.87. The second kappa shape index (κ2) is 7.89. The average Bonchev–Trinajstić information content (AvgIpc) is 2.83. The number of aryl methyl sites for hydroxylation is 1. The van der Waals surface area contributed by atoms with E-state index in [1.54, 1.807) is 13.3 Å². The van der Waals surface area contributed by atoms with Gasteiger partial charge in [0.05, 0.1) is 12.5 Å². The van der Waals surface area contributed by atoms with Crippen molar-refractivity contribution in [3.05, 3.63) is 12.2 Å². The Morgan fingerprint density at radius 1 is 1.47 bits per heavy atom. The van der Waals surface area contributed by atoms with Gasteiger partial charge >= 0.3 is 5.97 Å². The van der Waals surface area contributed by atoms with E-state index in [1.165, 1.54) is 0 Å². The van der Waals surface area contributed by atoms with Gasteiger partial charge in [0.25, 0.3) is 0 Å². The van der Waals surface area contributed by atoms with Crippen molar-refractivity contribution in [2.24, 2.45) is 5.92 Å². The molecule has 1 heterocycles. The Bertz CT molecular complexity index is 392. The lowest BCUT2D eigenvalue weighted by molar-refractivity contribution is -0.141. The largest absolute Gasteiger partial charge is 0.481 e. The topological polar surface area (TPSA) is 80.0 Å². The third-order valence-corrected chi connectivity index (χ3v) is 3.30. The summed E-state index contributed by atoms with van der Waals surface area (Å²) in [6.07, 6.45) is 4.19. The van der Waals surface area contributed by atoms with Gasteiger partial charge in [0, 0.05) is 12.6 Å². The minimum Gasteiger partial charge on any atom is -0.481 e. The van der Waals surface area contributed by atoms with Crippen LogP contribution in [0, 0.1) is 5.92 Å². The quantitative estimate of drug-likeness (QED) is 0.712. The molecule has 0 saturated carbocycles. The molecule has 0 bridgehead atoms. The monoisotopic (exact) mass is 268 g/mol. The van der Waals surface area contributed by atoms with Crippen molar-refractivity contribution in [1.29, 1.82) is 0 Å². The Morgan fingerprint density at radius 2 is 2.21 bits per heavy atom. The number of rotatable bonds is 9. The van der Waals surface area contributed by atoms with Crippen molar-refractivity contribution >= 4 is 5.97 Å². The van der Waals surface area contributed by atoms with Crippen molar-refractivity contribution in [1.82, 2.24) is 20.1 Å². The molecule has 2 atom stereocenters. The zero-order valence-electron chi connectivity index (χ0n) is 12.0. The third kappa shape index (κ3) is 5.38. The van der Waals surface area contributed by atoms with Gasteiger partial charge in [-0.1, -0.05) is 13.3 Å². The van der Waals surface area contributed by atoms with Gasteiger partial charge in [-0.2, -0.15) is 5.10 Å². The van der Waals surface area contributed by atoms with Gasteiger partial charge < -0.3 is 10.4 Å². The summed E-state index contributed by atoms with van der Waals surface area (Å²) in [5, 5.41) is 16.3. The normalized spacial score (nSPS) is 14.3. The predicted molar refractivity (Wildman–Crippen MR) is 72.6 cm³/mol. The number of nitrogens with one attached hydrogen (secondary N) is 1. The summed E-state index contributed by atoms with van der Waals surface area (Å²) in [5.74, 6) is -0.0275. The molecular formula is C13H24N4O2. The number of aromatic nitrogens is 3. The maximum absolute atomic E-state index is 10.7. The highest BCUT2D eigenvalue weighted by molar-refractivity contribution is 5.69. The Balaban J connectivity index is 2.21. The lowest BCUT2D eigenvalue weighted by atomic mass is 10.0. The van der Waals surface area contributed by atoms with Crippen molar-refractivity contribution in [3.63, 3.8) is 0 Å². The van der Waals surface area contributed by atoms with Gasteiger partial charge in [0.15, 0.2) is 0 Å². The van der Waals surface area contributed by atoms with Crippen LogP contribution >= 0.6 is 0 Å². The first-order chi connectivity index (χ1) is 9.04. The molecule has 1 rings (SSSR count). The van der Waals surface area contributed by atoms with Crippen LogP contribution in [0.2, 0.25) is 0 Å². The minimum absolute atomic E-state index is 0.254. The first kappa shape index (κ1) is 15.6. The molecule has 0 aliphatic carbocycles. The van der Waals surface area contributed by atoms with Gasteiger partial charge in [-0.3, -0.25) is 4.79 Å². The maximum atomic E-state index is 10.7. The highest BCUT2D eigenvalue weighted by atomic mass is 16.4. The van der Waals surface area contributed by atoms with Crippen LogP contribution in [0.25, 0.3) is 0 Å². The number of carboxylic acids is 1. The van der Waals surface area contributed by atoms with E-state index >= 15 is 0 Å². The highest BCUT2D eigenvalue weighted by Crippen LogP contribution is 2.09. The lowest BCUT2D eigenvalue weighted by Crippen LogP contribution is -2.27. The Morgan fingerprint density at radius 3 is 2.84 bits per heavy atom. The van der Waals surface area contributed by atoms with Crippen LogP contribution in [-0.4, -0.2) is 31.9 Å². The summed E-state index contributed by atoms with van der Waals surface area (Å²) >= 11 is 0. The molecule has 0 amide bonds. The fraction of sp³-hybridized carbons (Fsp3) is 0.769. The number of hydrogen-bond donors (Lipinski definition) is 2. The number of carboxylic acid groups (broad SMARTS) is 1. The zero-order valence-corrected chi connectivity index (χ0v) is 12.0. The zero-order chi connectivity index (χ0) is 14.3. The van der Waals surface area contributed by atoms with Crippen molar-refractivity contribution in [3.8, 4) is 0 Å². The van der Waals surface area contributed by atoms with E-state index in [2.05, 4.69) is 22.3 Å². The van der Waals surface area contributed by atoms with Crippen LogP contribution in [0.1, 0.15) is 45.9 Å². The SMILES string of the molecule is CCn1ncnc1CNC(C)CCCC(C)C(=O)O. The van der Waals surface area contributed by atoms with Crippen LogP contribution < -0.4 is 5.32 Å². The van der Waals surface area contributed by atoms with E-state index in [-0.39, 0.29) is 5.92 Å². The van der Waals surface area contributed by atoms with E-state index in [4.69, 9.17) is 5.11 Å². The van der Waals surface area contributed by atoms with Crippen LogP contribution in [0.4, 0.5) is 0 Å². The molecule has 6 heteroatoms. The maximum Gasteiger partial charge on any atom is 0.306 e. The molecule has 0 fully saturated rings. The summed E-state index contributed by atoms with van der Waals surface area (Å²) in [5.41, 5.74) is 0. The average molecular weight is 268 g/mol. The first-order valence-corrected chi connectivity index (χ1v) is 6.87. The second-order valence-corrected chi connectivity index (χ2v) is 4.94. The van der Waals surface area contributed by atoms with Gasteiger partial charge in [-0.05, 0) is 26.7 Å². The van der Waals surface area contributed by atoms with Gasteiger partial charge in [0.2, 0.25) is 0 Å². The smallest absolute Gasteiger partial charge is 0.306 e. The summed E-state index contributed by atoms with van der Waals surface area (Å²) in [6, 6.07) is 0.350. The fourth-order valence-corrected chi connectivity index (χ4v) is 1.91. The third-order valence-electron chi connectivity index (χ3n) is 3.30. The molecule has 2 N–H and O–H groups in total. The van der Waals surface area contributed by atoms with E-state index < -0.39 is 5.97 Å². The first-order valence-electron chi connectivity index (χ1n) is 6.87. The molecule has 1 aromatic heterocycles. The van der Waals surface area contributed by atoms with E-state index in [0.717, 1.165) is 31.6 Å². The Labute approximate surface area is 114 Å². The van der Waals surface area contributed by atoms with E-state index in [1.807, 2.05) is 11.6 Å². The van der Waals surface area contributed by atoms with Crippen molar-refractivity contribution in [2.45, 2.75) is 59.2 Å². The highest BCUT2D eigenvalue weighted by Gasteiger charge is 2.11. The molecule has 6 nitrogen and oxygen atoms in total. The molecule has 19 heavy (non-hydrogen) atoms. The minimum atomic E-state index is -0.711. The Hall–Kier alpha value is -1.43. The second-order valence-electron chi connectivity index (χ2n) is 4.94. The van der Waals surface area contributed by atoms with Gasteiger partial charge in [0.1, 0.15) is 12.2 Å². The molecule has 0 aliphatic heterocycles. The molecule has 108 valence electrons. The molecule has 0 aliphatic rings. The van der Waals surface area contributed by atoms with E-state index in [9.17, 15) is 4.79 Å². The van der Waals surface area contributed by atoms with E-state index in [0.29, 0.717) is 12.6 Å². The predicted octanol–water partition coefficient (Wildman–Crippen LogP) is 1.67. The fourth-order valence-electron chi connectivity index (χ4n) is 1.91. The van der Waals surface area contributed by atoms with Crippen LogP contribution in [-0.2, 0) is 17.9 Å². The molecular weight excluding hydrogens is 244 g/mol. The number of nitrogens with zero attached hydrogens (tertiary/aromatic N) is 3. The molecule has 2 unspecified atom stereocenters. The number of aliphatic carboxylic acids is 1. The van der Waals surface area contributed by atoms with Crippen molar-refractivity contribution < 1.29 is 9.90 Å². The molecule has 0 saturated heterocycles. The van der Waals surface area contributed by atoms with Gasteiger partial charge in [-0.25, -0.2) is 9.67 Å².